The van der Waals surface area contributed by atoms with Crippen molar-refractivity contribution in [2.75, 3.05) is 20.2 Å². The van der Waals surface area contributed by atoms with Gasteiger partial charge in [-0.05, 0) is 19.4 Å². The second kappa shape index (κ2) is 8.88. The van der Waals surface area contributed by atoms with E-state index in [0.29, 0.717) is 0 Å². The maximum atomic E-state index is 5.33. The third-order valence-corrected chi connectivity index (χ3v) is 1.38. The Morgan fingerprint density at radius 1 is 1.20 bits per heavy atom. The Morgan fingerprint density at radius 3 is 2.50 bits per heavy atom. The van der Waals surface area contributed by atoms with Gasteiger partial charge in [0.05, 0.1) is 7.11 Å². The molecule has 0 radical (unpaired) electrons. The summed E-state index contributed by atoms with van der Waals surface area (Å²) >= 11 is 0. The van der Waals surface area contributed by atoms with E-state index in [9.17, 15) is 0 Å². The Labute approximate surface area is 62.9 Å². The summed E-state index contributed by atoms with van der Waals surface area (Å²) in [5.74, 6) is 0. The van der Waals surface area contributed by atoms with Gasteiger partial charge in [0, 0.05) is 6.54 Å². The number of hydroxylamine groups is 1. The van der Waals surface area contributed by atoms with E-state index in [1.165, 1.54) is 19.3 Å². The molecule has 0 aliphatic rings. The highest BCUT2D eigenvalue weighted by molar-refractivity contribution is 4.43. The molecule has 0 unspecified atom stereocenters. The topological polar surface area (TPSA) is 47.3 Å². The van der Waals surface area contributed by atoms with Crippen LogP contribution in [-0.2, 0) is 4.84 Å². The molecule has 0 bridgehead atoms. The summed E-state index contributed by atoms with van der Waals surface area (Å²) in [6.45, 7) is 1.76. The zero-order chi connectivity index (χ0) is 7.66. The van der Waals surface area contributed by atoms with Gasteiger partial charge < -0.3 is 10.6 Å². The molecular formula is C7H18N2O. The normalized spacial score (nSPS) is 10.2. The Kier molecular flexibility index (Phi) is 8.77. The van der Waals surface area contributed by atoms with Crippen molar-refractivity contribution in [2.45, 2.75) is 25.7 Å². The quantitative estimate of drug-likeness (QED) is 0.409. The standard InChI is InChI=1S/C7H18N2O/c1-10-9-7-5-3-2-4-6-8/h9H,2-8H2,1H3. The van der Waals surface area contributed by atoms with Crippen LogP contribution in [0.2, 0.25) is 0 Å². The first-order valence-electron chi connectivity index (χ1n) is 3.87. The van der Waals surface area contributed by atoms with Gasteiger partial charge in [0.2, 0.25) is 0 Å². The van der Waals surface area contributed by atoms with Crippen molar-refractivity contribution in [1.82, 2.24) is 5.48 Å². The van der Waals surface area contributed by atoms with Crippen molar-refractivity contribution in [3.63, 3.8) is 0 Å². The van der Waals surface area contributed by atoms with Crippen LogP contribution in [0.25, 0.3) is 0 Å². The van der Waals surface area contributed by atoms with Crippen LogP contribution in [0.3, 0.4) is 0 Å². The van der Waals surface area contributed by atoms with Crippen molar-refractivity contribution in [2.24, 2.45) is 5.73 Å². The molecule has 0 aliphatic carbocycles. The summed E-state index contributed by atoms with van der Waals surface area (Å²) in [6, 6.07) is 0. The predicted octanol–water partition coefficient (Wildman–Crippen LogP) is 0.656. The molecule has 10 heavy (non-hydrogen) atoms. The highest BCUT2D eigenvalue weighted by Gasteiger charge is 1.86. The van der Waals surface area contributed by atoms with Gasteiger partial charge in [0.1, 0.15) is 0 Å². The molecule has 0 saturated heterocycles. The third-order valence-electron chi connectivity index (χ3n) is 1.38. The first kappa shape index (κ1) is 9.88. The second-order valence-electron chi connectivity index (χ2n) is 2.30. The molecule has 3 heteroatoms. The molecule has 0 atom stereocenters. The maximum Gasteiger partial charge on any atom is 0.0572 e. The summed E-state index contributed by atoms with van der Waals surface area (Å²) in [5.41, 5.74) is 8.12. The van der Waals surface area contributed by atoms with E-state index in [4.69, 9.17) is 5.73 Å². The van der Waals surface area contributed by atoms with Gasteiger partial charge in [-0.3, -0.25) is 0 Å². The molecule has 0 fully saturated rings. The van der Waals surface area contributed by atoms with Crippen LogP contribution in [0.5, 0.6) is 0 Å². The molecule has 0 saturated carbocycles. The van der Waals surface area contributed by atoms with E-state index >= 15 is 0 Å². The van der Waals surface area contributed by atoms with E-state index in [0.717, 1.165) is 19.5 Å². The predicted molar refractivity (Wildman–Crippen MR) is 42.5 cm³/mol. The number of nitrogens with one attached hydrogen (secondary N) is 1. The van der Waals surface area contributed by atoms with Gasteiger partial charge in [0.25, 0.3) is 0 Å². The van der Waals surface area contributed by atoms with E-state index in [1.807, 2.05) is 0 Å². The molecule has 0 aromatic carbocycles. The van der Waals surface area contributed by atoms with Crippen LogP contribution in [0.15, 0.2) is 0 Å². The molecule has 0 heterocycles. The molecule has 0 rings (SSSR count). The average Bonchev–Trinajstić information content (AvgIpc) is 1.97. The minimum atomic E-state index is 0.817. The molecule has 0 aromatic rings. The summed E-state index contributed by atoms with van der Waals surface area (Å²) in [5, 5.41) is 0. The number of hydrogen-bond acceptors (Lipinski definition) is 3. The molecule has 0 aliphatic heterocycles. The second-order valence-corrected chi connectivity index (χ2v) is 2.30. The zero-order valence-corrected chi connectivity index (χ0v) is 6.73. The monoisotopic (exact) mass is 146 g/mol. The van der Waals surface area contributed by atoms with Crippen molar-refractivity contribution >= 4 is 0 Å². The van der Waals surface area contributed by atoms with Crippen molar-refractivity contribution in [1.29, 1.82) is 0 Å². The Morgan fingerprint density at radius 2 is 1.90 bits per heavy atom. The third kappa shape index (κ3) is 7.88. The van der Waals surface area contributed by atoms with Gasteiger partial charge in [-0.2, -0.15) is 0 Å². The highest BCUT2D eigenvalue weighted by Crippen LogP contribution is 1.96. The highest BCUT2D eigenvalue weighted by atomic mass is 16.6. The lowest BCUT2D eigenvalue weighted by atomic mass is 10.2. The van der Waals surface area contributed by atoms with Crippen LogP contribution in [0.4, 0.5) is 0 Å². The molecular weight excluding hydrogens is 128 g/mol. The van der Waals surface area contributed by atoms with E-state index < -0.39 is 0 Å². The van der Waals surface area contributed by atoms with E-state index in [2.05, 4.69) is 10.3 Å². The number of nitrogens with two attached hydrogens (primary N) is 1. The van der Waals surface area contributed by atoms with Crippen LogP contribution in [0, 0.1) is 0 Å². The number of unbranched alkanes of at least 4 members (excludes halogenated alkanes) is 3. The van der Waals surface area contributed by atoms with Gasteiger partial charge in [-0.1, -0.05) is 12.8 Å². The molecule has 62 valence electrons. The fraction of sp³-hybridized carbons (Fsp3) is 1.00. The minimum absolute atomic E-state index is 0.817. The van der Waals surface area contributed by atoms with E-state index in [1.54, 1.807) is 7.11 Å². The first-order chi connectivity index (χ1) is 4.91. The SMILES string of the molecule is CONCCCCCCN. The molecule has 3 nitrogen and oxygen atoms in total. The maximum absolute atomic E-state index is 5.33. The molecule has 0 amide bonds. The number of rotatable bonds is 7. The summed E-state index contributed by atoms with van der Waals surface area (Å²) < 4.78 is 0. The van der Waals surface area contributed by atoms with Crippen molar-refractivity contribution < 1.29 is 4.84 Å². The summed E-state index contributed by atoms with van der Waals surface area (Å²) in [4.78, 5) is 4.67. The van der Waals surface area contributed by atoms with Gasteiger partial charge >= 0.3 is 0 Å². The lowest BCUT2D eigenvalue weighted by Gasteiger charge is -2.00. The Hall–Kier alpha value is -0.120. The molecule has 0 spiro atoms. The zero-order valence-electron chi connectivity index (χ0n) is 6.73. The first-order valence-corrected chi connectivity index (χ1v) is 3.87. The fourth-order valence-corrected chi connectivity index (χ4v) is 0.797. The molecule has 3 N–H and O–H groups in total. The Bertz CT molecular complexity index is 51.6. The van der Waals surface area contributed by atoms with E-state index in [-0.39, 0.29) is 0 Å². The van der Waals surface area contributed by atoms with Gasteiger partial charge in [-0.25, -0.2) is 5.48 Å². The lowest BCUT2D eigenvalue weighted by Crippen LogP contribution is -2.12. The minimum Gasteiger partial charge on any atom is -0.330 e. The summed E-state index contributed by atoms with van der Waals surface area (Å²) in [7, 11) is 1.64. The largest absolute Gasteiger partial charge is 0.330 e. The van der Waals surface area contributed by atoms with Gasteiger partial charge in [0.15, 0.2) is 0 Å². The van der Waals surface area contributed by atoms with Crippen LogP contribution >= 0.6 is 0 Å². The van der Waals surface area contributed by atoms with Crippen molar-refractivity contribution in [3.05, 3.63) is 0 Å². The van der Waals surface area contributed by atoms with Gasteiger partial charge in [-0.15, -0.1) is 0 Å². The smallest absolute Gasteiger partial charge is 0.0572 e. The Balaban J connectivity index is 2.65. The summed E-state index contributed by atoms with van der Waals surface area (Å²) in [6.07, 6.45) is 4.80. The molecule has 0 aromatic heterocycles. The van der Waals surface area contributed by atoms with Crippen molar-refractivity contribution in [3.8, 4) is 0 Å². The average molecular weight is 146 g/mol. The van der Waals surface area contributed by atoms with Crippen LogP contribution < -0.4 is 11.2 Å². The lowest BCUT2D eigenvalue weighted by molar-refractivity contribution is 0.0905. The van der Waals surface area contributed by atoms with Crippen LogP contribution in [-0.4, -0.2) is 20.2 Å². The van der Waals surface area contributed by atoms with Crippen LogP contribution in [0.1, 0.15) is 25.7 Å². The number of hydrogen-bond donors (Lipinski definition) is 2. The fourth-order valence-electron chi connectivity index (χ4n) is 0.797.